The van der Waals surface area contributed by atoms with Crippen LogP contribution >= 0.6 is 0 Å². The van der Waals surface area contributed by atoms with Crippen molar-refractivity contribution in [2.24, 2.45) is 0 Å². The normalized spacial score (nSPS) is 10.1. The highest BCUT2D eigenvalue weighted by molar-refractivity contribution is 5.97. The highest BCUT2D eigenvalue weighted by atomic mass is 16.5. The fraction of sp³-hybridized carbons (Fsp3) is 0.133. The molecule has 0 fully saturated rings. The minimum atomic E-state index is -0.611. The summed E-state index contributed by atoms with van der Waals surface area (Å²) in [5.41, 5.74) is 0.787. The van der Waals surface area contributed by atoms with Gasteiger partial charge in [-0.1, -0.05) is 18.2 Å². The van der Waals surface area contributed by atoms with Crippen LogP contribution in [0, 0.1) is 0 Å². The Kier molecular flexibility index (Phi) is 4.10. The monoisotopic (exact) mass is 272 g/mol. The number of ether oxygens (including phenoxy) is 1. The Bertz CT molecular complexity index is 654. The van der Waals surface area contributed by atoms with Gasteiger partial charge in [-0.05, 0) is 25.1 Å². The molecule has 5 nitrogen and oxygen atoms in total. The zero-order valence-corrected chi connectivity index (χ0v) is 10.8. The van der Waals surface area contributed by atoms with Crippen molar-refractivity contribution in [3.8, 4) is 11.3 Å². The number of benzene rings is 1. The number of hydrogen-bond acceptors (Lipinski definition) is 5. The van der Waals surface area contributed by atoms with E-state index in [4.69, 9.17) is 9.15 Å². The van der Waals surface area contributed by atoms with Crippen LogP contribution in [0.5, 0.6) is 0 Å². The molecule has 0 N–H and O–H groups in total. The van der Waals surface area contributed by atoms with Gasteiger partial charge in [-0.25, -0.2) is 4.79 Å². The molecular formula is C15H12O5. The molecule has 20 heavy (non-hydrogen) atoms. The number of Topliss-reactive ketones (excluding diaryl/α,β-unsaturated/α-hetero) is 1. The van der Waals surface area contributed by atoms with E-state index in [1.54, 1.807) is 30.3 Å². The summed E-state index contributed by atoms with van der Waals surface area (Å²) >= 11 is 0. The molecule has 5 heteroatoms. The number of carbonyl (C=O) groups is 3. The maximum Gasteiger partial charge on any atom is 0.339 e. The Morgan fingerprint density at radius 3 is 2.60 bits per heavy atom. The molecule has 0 saturated carbocycles. The lowest BCUT2D eigenvalue weighted by Gasteiger charge is -2.06. The van der Waals surface area contributed by atoms with E-state index in [1.807, 2.05) is 0 Å². The average molecular weight is 272 g/mol. The quantitative estimate of drug-likeness (QED) is 0.617. The van der Waals surface area contributed by atoms with Crippen LogP contribution < -0.4 is 0 Å². The summed E-state index contributed by atoms with van der Waals surface area (Å²) < 4.78 is 10.2. The fourth-order valence-electron chi connectivity index (χ4n) is 1.68. The van der Waals surface area contributed by atoms with Crippen LogP contribution in [0.2, 0.25) is 0 Å². The molecule has 0 amide bonds. The van der Waals surface area contributed by atoms with Gasteiger partial charge in [0, 0.05) is 5.56 Å². The Labute approximate surface area is 115 Å². The second-order valence-corrected chi connectivity index (χ2v) is 4.14. The Morgan fingerprint density at radius 1 is 1.20 bits per heavy atom. The van der Waals surface area contributed by atoms with Gasteiger partial charge in [-0.2, -0.15) is 0 Å². The summed E-state index contributed by atoms with van der Waals surface area (Å²) in [6.45, 7) is 1.06. The van der Waals surface area contributed by atoms with Crippen molar-refractivity contribution in [3.63, 3.8) is 0 Å². The van der Waals surface area contributed by atoms with Crippen molar-refractivity contribution < 1.29 is 23.5 Å². The third-order valence-corrected chi connectivity index (χ3v) is 2.56. The van der Waals surface area contributed by atoms with E-state index >= 15 is 0 Å². The van der Waals surface area contributed by atoms with Crippen molar-refractivity contribution in [1.82, 2.24) is 0 Å². The smallest absolute Gasteiger partial charge is 0.339 e. The maximum atomic E-state index is 11.9. The van der Waals surface area contributed by atoms with E-state index in [0.717, 1.165) is 0 Å². The molecule has 1 aromatic heterocycles. The van der Waals surface area contributed by atoms with Gasteiger partial charge in [0.2, 0.25) is 0 Å². The summed E-state index contributed by atoms with van der Waals surface area (Å²) in [6, 6.07) is 9.77. The fourth-order valence-corrected chi connectivity index (χ4v) is 1.68. The number of aldehydes is 1. The summed E-state index contributed by atoms with van der Waals surface area (Å²) in [7, 11) is 0. The molecule has 0 aliphatic rings. The molecule has 0 bridgehead atoms. The Hall–Kier alpha value is -2.69. The number of furan rings is 1. The molecule has 0 saturated heterocycles. The molecule has 1 aromatic carbocycles. The second kappa shape index (κ2) is 5.97. The maximum absolute atomic E-state index is 11.9. The van der Waals surface area contributed by atoms with Gasteiger partial charge in [0.15, 0.2) is 17.8 Å². The molecular weight excluding hydrogens is 260 g/mol. The molecule has 2 aromatic rings. The molecule has 0 aliphatic heterocycles. The van der Waals surface area contributed by atoms with E-state index < -0.39 is 5.97 Å². The van der Waals surface area contributed by atoms with Crippen LogP contribution in [0.1, 0.15) is 27.8 Å². The predicted molar refractivity (Wildman–Crippen MR) is 70.5 cm³/mol. The minimum Gasteiger partial charge on any atom is -0.454 e. The summed E-state index contributed by atoms with van der Waals surface area (Å²) in [5.74, 6) is -0.286. The van der Waals surface area contributed by atoms with Gasteiger partial charge in [0.25, 0.3) is 0 Å². The topological polar surface area (TPSA) is 73.6 Å². The molecule has 102 valence electrons. The number of rotatable bonds is 5. The predicted octanol–water partition coefficient (Wildman–Crippen LogP) is 2.50. The highest BCUT2D eigenvalue weighted by Gasteiger charge is 2.16. The van der Waals surface area contributed by atoms with Crippen molar-refractivity contribution in [3.05, 3.63) is 47.7 Å². The lowest BCUT2D eigenvalue weighted by molar-refractivity contribution is -0.120. The van der Waals surface area contributed by atoms with Crippen LogP contribution in [0.3, 0.4) is 0 Å². The summed E-state index contributed by atoms with van der Waals surface area (Å²) in [6.07, 6.45) is 0.584. The Morgan fingerprint density at radius 2 is 1.95 bits per heavy atom. The molecule has 0 spiro atoms. The summed E-state index contributed by atoms with van der Waals surface area (Å²) in [4.78, 5) is 33.4. The van der Waals surface area contributed by atoms with Gasteiger partial charge in [0.05, 0.1) is 5.56 Å². The first-order valence-electron chi connectivity index (χ1n) is 5.93. The largest absolute Gasteiger partial charge is 0.454 e. The number of carbonyl (C=O) groups excluding carboxylic acids is 3. The third-order valence-electron chi connectivity index (χ3n) is 2.56. The number of esters is 1. The first-order valence-corrected chi connectivity index (χ1v) is 5.93. The van der Waals surface area contributed by atoms with Crippen molar-refractivity contribution >= 4 is 18.0 Å². The van der Waals surface area contributed by atoms with E-state index in [-0.39, 0.29) is 23.7 Å². The van der Waals surface area contributed by atoms with E-state index in [0.29, 0.717) is 17.6 Å². The lowest BCUT2D eigenvalue weighted by atomic mass is 10.1. The highest BCUT2D eigenvalue weighted by Crippen LogP contribution is 2.26. The van der Waals surface area contributed by atoms with Crippen LogP contribution in [-0.2, 0) is 9.53 Å². The standard InChI is InChI=1S/C15H12O5/c1-10(17)9-19-15(18)13-5-3-2-4-12(13)14-7-6-11(8-16)20-14/h2-8H,9H2,1H3. The van der Waals surface area contributed by atoms with Crippen LogP contribution in [0.4, 0.5) is 0 Å². The van der Waals surface area contributed by atoms with Gasteiger partial charge < -0.3 is 9.15 Å². The average Bonchev–Trinajstić information content (AvgIpc) is 2.93. The Balaban J connectivity index is 2.32. The molecule has 0 unspecified atom stereocenters. The molecule has 0 aliphatic carbocycles. The SMILES string of the molecule is CC(=O)COC(=O)c1ccccc1-c1ccc(C=O)o1. The molecule has 0 radical (unpaired) electrons. The van der Waals surface area contributed by atoms with Crippen LogP contribution in [0.25, 0.3) is 11.3 Å². The van der Waals surface area contributed by atoms with Crippen molar-refractivity contribution in [2.45, 2.75) is 6.92 Å². The number of hydrogen-bond donors (Lipinski definition) is 0. The minimum absolute atomic E-state index is 0.173. The van der Waals surface area contributed by atoms with Crippen molar-refractivity contribution in [2.75, 3.05) is 6.61 Å². The molecule has 2 rings (SSSR count). The van der Waals surface area contributed by atoms with Crippen LogP contribution in [0.15, 0.2) is 40.8 Å². The van der Waals surface area contributed by atoms with E-state index in [1.165, 1.54) is 13.0 Å². The van der Waals surface area contributed by atoms with E-state index in [9.17, 15) is 14.4 Å². The zero-order valence-electron chi connectivity index (χ0n) is 10.8. The lowest BCUT2D eigenvalue weighted by Crippen LogP contribution is -2.12. The third kappa shape index (κ3) is 3.00. The van der Waals surface area contributed by atoms with Gasteiger partial charge in [-0.15, -0.1) is 0 Å². The van der Waals surface area contributed by atoms with Gasteiger partial charge in [-0.3, -0.25) is 9.59 Å². The van der Waals surface area contributed by atoms with Gasteiger partial charge >= 0.3 is 5.97 Å². The second-order valence-electron chi connectivity index (χ2n) is 4.14. The molecule has 1 heterocycles. The van der Waals surface area contributed by atoms with E-state index in [2.05, 4.69) is 0 Å². The first-order chi connectivity index (χ1) is 9.61. The summed E-state index contributed by atoms with van der Waals surface area (Å²) in [5, 5.41) is 0. The van der Waals surface area contributed by atoms with Gasteiger partial charge in [0.1, 0.15) is 12.4 Å². The van der Waals surface area contributed by atoms with Crippen molar-refractivity contribution in [1.29, 1.82) is 0 Å². The molecule has 0 atom stereocenters. The zero-order chi connectivity index (χ0) is 14.5. The van der Waals surface area contributed by atoms with Crippen LogP contribution in [-0.4, -0.2) is 24.6 Å². The number of ketones is 1. The first kappa shape index (κ1) is 13.7.